The largest absolute Gasteiger partial charge is 0.382 e. The molecule has 1 N–H and O–H groups in total. The molecular weight excluding hydrogens is 280 g/mol. The van der Waals surface area contributed by atoms with Gasteiger partial charge in [0.25, 0.3) is 0 Å². The van der Waals surface area contributed by atoms with Gasteiger partial charge in [-0.2, -0.15) is 0 Å². The minimum absolute atomic E-state index is 0.506. The zero-order valence-electron chi connectivity index (χ0n) is 14.8. The van der Waals surface area contributed by atoms with Gasteiger partial charge in [-0.3, -0.25) is 4.98 Å². The average molecular weight is 308 g/mol. The van der Waals surface area contributed by atoms with Gasteiger partial charge in [0.15, 0.2) is 0 Å². The number of allylic oxidation sites excluding steroid dienone is 2. The SMILES string of the molecule is Cc1c2c(c(C)c3ccncc13)NC(C)CCC(C)C/C=C\C2. The molecule has 2 heterocycles. The zero-order valence-corrected chi connectivity index (χ0v) is 14.8. The zero-order chi connectivity index (χ0) is 16.4. The number of nitrogens with zero attached hydrogens (tertiary/aromatic N) is 1. The molecule has 2 unspecified atom stereocenters. The lowest BCUT2D eigenvalue weighted by Crippen LogP contribution is -2.18. The fraction of sp³-hybridized carbons (Fsp3) is 0.476. The number of fused-ring (bicyclic) bond motifs is 2. The molecule has 0 spiro atoms. The van der Waals surface area contributed by atoms with Crippen molar-refractivity contribution >= 4 is 16.5 Å². The molecule has 0 radical (unpaired) electrons. The molecule has 23 heavy (non-hydrogen) atoms. The van der Waals surface area contributed by atoms with Gasteiger partial charge in [0.1, 0.15) is 0 Å². The summed E-state index contributed by atoms with van der Waals surface area (Å²) in [4.78, 5) is 4.34. The van der Waals surface area contributed by atoms with Crippen molar-refractivity contribution < 1.29 is 0 Å². The Hall–Kier alpha value is -1.83. The molecule has 2 aromatic rings. The molecule has 0 saturated heterocycles. The van der Waals surface area contributed by atoms with E-state index in [-0.39, 0.29) is 0 Å². The van der Waals surface area contributed by atoms with Crippen molar-refractivity contribution in [1.82, 2.24) is 4.98 Å². The van der Waals surface area contributed by atoms with Gasteiger partial charge in [-0.05, 0) is 80.5 Å². The van der Waals surface area contributed by atoms with Gasteiger partial charge in [-0.25, -0.2) is 0 Å². The highest BCUT2D eigenvalue weighted by molar-refractivity contribution is 5.94. The first kappa shape index (κ1) is 16.0. The number of aryl methyl sites for hydroxylation is 2. The summed E-state index contributed by atoms with van der Waals surface area (Å²) >= 11 is 0. The molecule has 3 rings (SSSR count). The van der Waals surface area contributed by atoms with Crippen LogP contribution < -0.4 is 5.32 Å². The average Bonchev–Trinajstić information content (AvgIpc) is 2.59. The van der Waals surface area contributed by atoms with Crippen LogP contribution in [0.1, 0.15) is 49.8 Å². The fourth-order valence-electron chi connectivity index (χ4n) is 3.68. The van der Waals surface area contributed by atoms with Crippen LogP contribution in [0.25, 0.3) is 10.8 Å². The van der Waals surface area contributed by atoms with E-state index >= 15 is 0 Å². The van der Waals surface area contributed by atoms with Crippen LogP contribution in [-0.4, -0.2) is 11.0 Å². The summed E-state index contributed by atoms with van der Waals surface area (Å²) in [6, 6.07) is 2.65. The van der Waals surface area contributed by atoms with Crippen LogP contribution in [0.5, 0.6) is 0 Å². The molecule has 2 heteroatoms. The van der Waals surface area contributed by atoms with E-state index < -0.39 is 0 Å². The molecule has 1 aliphatic heterocycles. The summed E-state index contributed by atoms with van der Waals surface area (Å²) < 4.78 is 0. The van der Waals surface area contributed by atoms with Crippen LogP contribution in [0, 0.1) is 19.8 Å². The van der Waals surface area contributed by atoms with Crippen LogP contribution in [-0.2, 0) is 6.42 Å². The second-order valence-electron chi connectivity index (χ2n) is 7.16. The summed E-state index contributed by atoms with van der Waals surface area (Å²) in [5, 5.41) is 6.43. The highest BCUT2D eigenvalue weighted by Crippen LogP contribution is 2.35. The molecule has 2 atom stereocenters. The Morgan fingerprint density at radius 3 is 2.70 bits per heavy atom. The van der Waals surface area contributed by atoms with E-state index in [9.17, 15) is 0 Å². The molecule has 1 aromatic heterocycles. The summed E-state index contributed by atoms with van der Waals surface area (Å²) in [5.74, 6) is 0.766. The quantitative estimate of drug-likeness (QED) is 0.643. The van der Waals surface area contributed by atoms with Gasteiger partial charge < -0.3 is 5.32 Å². The maximum absolute atomic E-state index is 4.34. The third-order valence-electron chi connectivity index (χ3n) is 5.27. The lowest BCUT2D eigenvalue weighted by atomic mass is 9.92. The van der Waals surface area contributed by atoms with Crippen LogP contribution >= 0.6 is 0 Å². The van der Waals surface area contributed by atoms with E-state index in [0.29, 0.717) is 6.04 Å². The Morgan fingerprint density at radius 2 is 1.87 bits per heavy atom. The number of nitrogens with one attached hydrogen (secondary N) is 1. The van der Waals surface area contributed by atoms with Crippen molar-refractivity contribution in [1.29, 1.82) is 0 Å². The number of hydrogen-bond acceptors (Lipinski definition) is 2. The van der Waals surface area contributed by atoms with E-state index in [2.05, 4.69) is 56.2 Å². The Bertz CT molecular complexity index is 730. The number of rotatable bonds is 0. The smallest absolute Gasteiger partial charge is 0.0416 e. The van der Waals surface area contributed by atoms with Crippen molar-refractivity contribution in [3.63, 3.8) is 0 Å². The number of anilines is 1. The highest BCUT2D eigenvalue weighted by Gasteiger charge is 2.16. The van der Waals surface area contributed by atoms with Crippen molar-refractivity contribution in [3.05, 3.63) is 47.3 Å². The normalized spacial score (nSPS) is 23.7. The van der Waals surface area contributed by atoms with Crippen molar-refractivity contribution in [3.8, 4) is 0 Å². The lowest BCUT2D eigenvalue weighted by molar-refractivity contribution is 0.495. The first-order chi connectivity index (χ1) is 11.1. The van der Waals surface area contributed by atoms with E-state index in [4.69, 9.17) is 0 Å². The third-order valence-corrected chi connectivity index (χ3v) is 5.27. The molecule has 0 saturated carbocycles. The minimum atomic E-state index is 0.506. The van der Waals surface area contributed by atoms with E-state index in [1.54, 1.807) is 0 Å². The molecule has 0 amide bonds. The second kappa shape index (κ2) is 6.74. The van der Waals surface area contributed by atoms with E-state index in [0.717, 1.165) is 12.3 Å². The van der Waals surface area contributed by atoms with Crippen LogP contribution in [0.15, 0.2) is 30.6 Å². The van der Waals surface area contributed by atoms with Gasteiger partial charge in [0.05, 0.1) is 0 Å². The number of aromatic nitrogens is 1. The van der Waals surface area contributed by atoms with Gasteiger partial charge in [0.2, 0.25) is 0 Å². The molecule has 122 valence electrons. The maximum atomic E-state index is 4.34. The Labute approximate surface area is 140 Å². The van der Waals surface area contributed by atoms with Gasteiger partial charge >= 0.3 is 0 Å². The number of hydrogen-bond donors (Lipinski definition) is 1. The molecule has 1 aliphatic rings. The van der Waals surface area contributed by atoms with Crippen molar-refractivity contribution in [2.75, 3.05) is 5.32 Å². The summed E-state index contributed by atoms with van der Waals surface area (Å²) in [6.07, 6.45) is 13.3. The lowest BCUT2D eigenvalue weighted by Gasteiger charge is -2.23. The highest BCUT2D eigenvalue weighted by atomic mass is 14.9. The molecule has 0 fully saturated rings. The predicted molar refractivity (Wildman–Crippen MR) is 100 cm³/mol. The Morgan fingerprint density at radius 1 is 1.04 bits per heavy atom. The first-order valence-corrected chi connectivity index (χ1v) is 8.85. The topological polar surface area (TPSA) is 24.9 Å². The molecule has 0 aliphatic carbocycles. The summed E-state index contributed by atoms with van der Waals surface area (Å²) in [6.45, 7) is 9.16. The fourth-order valence-corrected chi connectivity index (χ4v) is 3.68. The molecule has 2 nitrogen and oxygen atoms in total. The van der Waals surface area contributed by atoms with Crippen molar-refractivity contribution in [2.24, 2.45) is 5.92 Å². The number of benzene rings is 1. The van der Waals surface area contributed by atoms with E-state index in [1.165, 1.54) is 52.4 Å². The number of pyridine rings is 1. The Kier molecular flexibility index (Phi) is 4.70. The maximum Gasteiger partial charge on any atom is 0.0416 e. The third kappa shape index (κ3) is 3.26. The standard InChI is InChI=1S/C21H28N2/c1-14-7-5-6-8-19-16(3)20-13-22-12-11-18(20)17(4)21(19)23-15(2)10-9-14/h5-6,11-15,23H,7-10H2,1-4H3/b6-5-. The minimum Gasteiger partial charge on any atom is -0.382 e. The summed E-state index contributed by atoms with van der Waals surface area (Å²) in [5.41, 5.74) is 5.49. The monoisotopic (exact) mass is 308 g/mol. The van der Waals surface area contributed by atoms with Crippen LogP contribution in [0.2, 0.25) is 0 Å². The van der Waals surface area contributed by atoms with E-state index in [1.807, 2.05) is 12.4 Å². The predicted octanol–water partition coefficient (Wildman–Crippen LogP) is 5.57. The molecular formula is C21H28N2. The van der Waals surface area contributed by atoms with Crippen molar-refractivity contribution in [2.45, 2.75) is 59.4 Å². The first-order valence-electron chi connectivity index (χ1n) is 8.85. The van der Waals surface area contributed by atoms with Crippen LogP contribution in [0.3, 0.4) is 0 Å². The van der Waals surface area contributed by atoms with Gasteiger partial charge in [-0.15, -0.1) is 0 Å². The van der Waals surface area contributed by atoms with Gasteiger partial charge in [0, 0.05) is 29.5 Å². The summed E-state index contributed by atoms with van der Waals surface area (Å²) in [7, 11) is 0. The Balaban J connectivity index is 2.15. The van der Waals surface area contributed by atoms with Crippen LogP contribution in [0.4, 0.5) is 5.69 Å². The second-order valence-corrected chi connectivity index (χ2v) is 7.16. The molecule has 0 bridgehead atoms. The van der Waals surface area contributed by atoms with Gasteiger partial charge in [-0.1, -0.05) is 19.1 Å². The molecule has 1 aromatic carbocycles.